The van der Waals surface area contributed by atoms with Crippen LogP contribution < -0.4 is 0 Å². The average Bonchev–Trinajstić information content (AvgIpc) is 3.82. The summed E-state index contributed by atoms with van der Waals surface area (Å²) in [4.78, 5) is 24.4. The Balaban J connectivity index is 0.000000496. The van der Waals surface area contributed by atoms with Crippen LogP contribution in [0.15, 0.2) is 73.1 Å². The molecular weight excluding hydrogens is 634 g/mol. The van der Waals surface area contributed by atoms with Gasteiger partial charge in [0.1, 0.15) is 8.07 Å². The Labute approximate surface area is 258 Å². The second-order valence-electron chi connectivity index (χ2n) is 9.50. The molecule has 2 heterocycles. The van der Waals surface area contributed by atoms with Crippen molar-refractivity contribution in [1.29, 1.82) is 0 Å². The number of carboxylic acids is 1. The number of benzene rings is 2. The number of hydrogen-bond donors (Lipinski definition) is 2. The van der Waals surface area contributed by atoms with Crippen LogP contribution in [0.1, 0.15) is 20.7 Å². The number of hydrogen-bond acceptors (Lipinski definition) is 6. The monoisotopic (exact) mass is 668 g/mol. The highest BCUT2D eigenvalue weighted by molar-refractivity contribution is 6.86. The highest BCUT2D eigenvalue weighted by Crippen LogP contribution is 2.32. The summed E-state index contributed by atoms with van der Waals surface area (Å²) in [6.45, 7) is 18.5. The van der Waals surface area contributed by atoms with Gasteiger partial charge in [0.15, 0.2) is 0 Å². The second-order valence-corrected chi connectivity index (χ2v) is 20.6. The quantitative estimate of drug-likeness (QED) is 0.105. The van der Waals surface area contributed by atoms with Gasteiger partial charge in [-0.25, -0.2) is 9.59 Å². The molecule has 2 aromatic carbocycles. The predicted molar refractivity (Wildman–Crippen MR) is 169 cm³/mol. The first-order chi connectivity index (χ1) is 18.7. The van der Waals surface area contributed by atoms with Gasteiger partial charge in [-0.2, -0.15) is 5.26 Å². The first-order valence-corrected chi connectivity index (χ1v) is 20.0. The van der Waals surface area contributed by atoms with Crippen molar-refractivity contribution in [1.82, 2.24) is 0 Å². The molecule has 0 aliphatic carbocycles. The predicted octanol–water partition coefficient (Wildman–Crippen LogP) is 8.15. The van der Waals surface area contributed by atoms with Crippen molar-refractivity contribution in [3.05, 3.63) is 94.3 Å². The molecule has 13 heteroatoms. The molecule has 2 aliphatic heterocycles. The average molecular weight is 671 g/mol. The van der Waals surface area contributed by atoms with Gasteiger partial charge in [0.25, 0.3) is 0 Å². The number of halogens is 4. The normalized spacial score (nSPS) is 16.3. The molecule has 2 aliphatic rings. The second kappa shape index (κ2) is 19.5. The van der Waals surface area contributed by atoms with E-state index in [4.69, 9.17) is 66.2 Å². The number of alkyl halides is 2. The van der Waals surface area contributed by atoms with E-state index in [-0.39, 0.29) is 16.5 Å². The van der Waals surface area contributed by atoms with Gasteiger partial charge in [-0.05, 0) is 36.4 Å². The zero-order valence-electron chi connectivity index (χ0n) is 22.9. The van der Waals surface area contributed by atoms with Gasteiger partial charge in [-0.15, -0.1) is 36.4 Å². The number of carboxylic acid groups (broad SMARTS) is 1. The molecule has 0 bridgehead atoms. The van der Waals surface area contributed by atoms with Crippen molar-refractivity contribution in [2.45, 2.75) is 37.6 Å². The summed E-state index contributed by atoms with van der Waals surface area (Å²) in [7, 11) is -2.20. The Morgan fingerprint density at radius 3 is 1.55 bits per heavy atom. The zero-order valence-corrected chi connectivity index (χ0v) is 27.9. The molecule has 0 amide bonds. The molecule has 7 nitrogen and oxygen atoms in total. The number of aromatic carboxylic acids is 1. The van der Waals surface area contributed by atoms with E-state index in [1.807, 2.05) is 11.4 Å². The summed E-state index contributed by atoms with van der Waals surface area (Å²) in [6.07, 6.45) is 0. The number of epoxide rings is 2. The fourth-order valence-corrected chi connectivity index (χ4v) is 5.41. The zero-order chi connectivity index (χ0) is 30.9. The maximum absolute atomic E-state index is 10.6. The lowest BCUT2D eigenvalue weighted by Gasteiger charge is -2.14. The largest absolute Gasteiger partial charge is 0.478 e. The van der Waals surface area contributed by atoms with E-state index in [0.717, 1.165) is 13.2 Å². The maximum Gasteiger partial charge on any atom is 0.372 e. The molecule has 0 saturated carbocycles. The SMILES string of the molecule is C=C[Si](C)(C)C=C.C[Si](C)(C1CO1)C1CO1.ClCCl.O=C(O)c1cccc(Cl)c1.O=C(OO)c1cccc(Cl)c1. The van der Waals surface area contributed by atoms with Crippen molar-refractivity contribution in [2.24, 2.45) is 0 Å². The lowest BCUT2D eigenvalue weighted by molar-refractivity contribution is -0.182. The fraction of sp³-hybridized carbons (Fsp3) is 0.333. The van der Waals surface area contributed by atoms with E-state index in [0.29, 0.717) is 21.5 Å². The molecule has 222 valence electrons. The topological polar surface area (TPSA) is 109 Å². The Bertz CT molecular complexity index is 1070. The highest BCUT2D eigenvalue weighted by Gasteiger charge is 2.52. The molecule has 2 fully saturated rings. The van der Waals surface area contributed by atoms with Crippen LogP contribution in [-0.4, -0.2) is 68.5 Å². The third kappa shape index (κ3) is 16.6. The lowest BCUT2D eigenvalue weighted by Crippen LogP contribution is -2.40. The summed E-state index contributed by atoms with van der Waals surface area (Å²) in [5.74, 6) is -1.77. The summed E-state index contributed by atoms with van der Waals surface area (Å²) in [6, 6.07) is 12.2. The maximum atomic E-state index is 10.6. The Kier molecular flexibility index (Phi) is 18.6. The summed E-state index contributed by atoms with van der Waals surface area (Å²) < 4.78 is 10.5. The van der Waals surface area contributed by atoms with Crippen LogP contribution in [0.3, 0.4) is 0 Å². The first kappa shape index (κ1) is 38.3. The summed E-state index contributed by atoms with van der Waals surface area (Å²) in [5.41, 5.74) is 5.70. The van der Waals surface area contributed by atoms with Gasteiger partial charge in [0.05, 0.1) is 49.2 Å². The van der Waals surface area contributed by atoms with E-state index >= 15 is 0 Å². The third-order valence-electron chi connectivity index (χ3n) is 5.59. The van der Waals surface area contributed by atoms with Gasteiger partial charge in [0.2, 0.25) is 0 Å². The molecule has 2 atom stereocenters. The lowest BCUT2D eigenvalue weighted by atomic mass is 10.2. The van der Waals surface area contributed by atoms with Crippen LogP contribution in [0.2, 0.25) is 36.2 Å². The molecule has 40 heavy (non-hydrogen) atoms. The van der Waals surface area contributed by atoms with Crippen molar-refractivity contribution in [3.8, 4) is 0 Å². The van der Waals surface area contributed by atoms with Gasteiger partial charge in [0, 0.05) is 10.0 Å². The minimum Gasteiger partial charge on any atom is -0.478 e. The van der Waals surface area contributed by atoms with E-state index in [2.05, 4.69) is 44.2 Å². The highest BCUT2D eigenvalue weighted by atomic mass is 35.5. The fourth-order valence-electron chi connectivity index (χ4n) is 2.54. The number of rotatable bonds is 6. The number of ether oxygens (including phenoxy) is 2. The first-order valence-electron chi connectivity index (χ1n) is 11.9. The van der Waals surface area contributed by atoms with Crippen LogP contribution in [0.5, 0.6) is 0 Å². The third-order valence-corrected chi connectivity index (χ3v) is 12.2. The molecule has 0 radical (unpaired) electrons. The van der Waals surface area contributed by atoms with Gasteiger partial charge in [-0.1, -0.05) is 72.9 Å². The Morgan fingerprint density at radius 1 is 0.925 bits per heavy atom. The molecule has 4 rings (SSSR count). The van der Waals surface area contributed by atoms with Gasteiger partial charge in [-0.3, -0.25) is 4.89 Å². The van der Waals surface area contributed by atoms with Crippen LogP contribution >= 0.6 is 46.4 Å². The molecular formula is C27H36Cl4O7Si2. The van der Waals surface area contributed by atoms with Crippen molar-refractivity contribution >= 4 is 74.5 Å². The van der Waals surface area contributed by atoms with E-state index in [1.165, 1.54) is 24.3 Å². The van der Waals surface area contributed by atoms with Gasteiger partial charge < -0.3 is 14.6 Å². The van der Waals surface area contributed by atoms with E-state index < -0.39 is 28.1 Å². The standard InChI is InChI=1S/C7H5ClO3.C7H5ClO2.C6H12O2Si.C6H12Si.CH2Cl2/c8-6-3-1-2-5(4-6)7(9)11-10;8-6-3-1-2-5(4-6)7(9)10;1-9(2,5-3-7-5)6-4-8-6;1-5-7(3,4)6-2;2-1-3/h1-4,10H;1-4H,(H,9,10);5-6H,3-4H2,1-2H3;5-6H,1-2H2,3-4H3;1H2. The van der Waals surface area contributed by atoms with E-state index in [1.54, 1.807) is 24.3 Å². The van der Waals surface area contributed by atoms with E-state index in [9.17, 15) is 9.59 Å². The Morgan fingerprint density at radius 2 is 1.30 bits per heavy atom. The van der Waals surface area contributed by atoms with Crippen molar-refractivity contribution in [2.75, 3.05) is 18.6 Å². The molecule has 2 aromatic rings. The van der Waals surface area contributed by atoms with Gasteiger partial charge >= 0.3 is 11.9 Å². The molecule has 2 saturated heterocycles. The molecule has 0 spiro atoms. The molecule has 0 aromatic heterocycles. The Hall–Kier alpha value is -1.67. The van der Waals surface area contributed by atoms with Crippen LogP contribution in [-0.2, 0) is 14.4 Å². The number of carbonyl (C=O) groups is 2. The molecule has 2 unspecified atom stereocenters. The smallest absolute Gasteiger partial charge is 0.372 e. The van der Waals surface area contributed by atoms with Crippen LogP contribution in [0, 0.1) is 0 Å². The van der Waals surface area contributed by atoms with Crippen molar-refractivity contribution < 1.29 is 34.3 Å². The number of carbonyl (C=O) groups excluding carboxylic acids is 1. The minimum absolute atomic E-state index is 0.194. The summed E-state index contributed by atoms with van der Waals surface area (Å²) in [5, 5.41) is 17.5. The van der Waals surface area contributed by atoms with Crippen LogP contribution in [0.4, 0.5) is 0 Å². The van der Waals surface area contributed by atoms with Crippen LogP contribution in [0.25, 0.3) is 0 Å². The van der Waals surface area contributed by atoms with Crippen molar-refractivity contribution in [3.63, 3.8) is 0 Å². The molecule has 2 N–H and O–H groups in total. The summed E-state index contributed by atoms with van der Waals surface area (Å²) >= 11 is 20.6. The minimum atomic E-state index is -1.12.